The number of hydrogen-bond donors (Lipinski definition) is 0. The summed E-state index contributed by atoms with van der Waals surface area (Å²) in [7, 11) is -1.09. The Morgan fingerprint density at radius 3 is 2.58 bits per heavy atom. The van der Waals surface area contributed by atoms with E-state index >= 15 is 0 Å². The van der Waals surface area contributed by atoms with Gasteiger partial charge in [-0.3, -0.25) is 4.21 Å². The molecule has 0 amide bonds. The van der Waals surface area contributed by atoms with Crippen LogP contribution in [0.3, 0.4) is 0 Å². The highest BCUT2D eigenvalue weighted by atomic mass is 35.5. The van der Waals surface area contributed by atoms with E-state index in [0.717, 1.165) is 22.2 Å². The molecule has 3 aromatic rings. The average molecular weight is 428 g/mol. The van der Waals surface area contributed by atoms with Crippen molar-refractivity contribution in [3.05, 3.63) is 63.1 Å². The second-order valence-corrected chi connectivity index (χ2v) is 8.70. The molecule has 134 valence electrons. The Hall–Kier alpha value is -1.40. The minimum absolute atomic E-state index is 0.438. The van der Waals surface area contributed by atoms with Gasteiger partial charge in [0, 0.05) is 17.2 Å². The van der Waals surface area contributed by atoms with Crippen molar-refractivity contribution >= 4 is 45.6 Å². The summed E-state index contributed by atoms with van der Waals surface area (Å²) in [6.45, 7) is 2.03. The molecule has 0 fully saturated rings. The van der Waals surface area contributed by atoms with Gasteiger partial charge in [-0.2, -0.15) is 0 Å². The number of aromatic nitrogens is 3. The van der Waals surface area contributed by atoms with Crippen LogP contribution in [0.1, 0.15) is 18.6 Å². The fourth-order valence-corrected chi connectivity index (χ4v) is 5.38. The number of para-hydroxylation sites is 1. The third kappa shape index (κ3) is 2.87. The molecule has 2 heterocycles. The summed E-state index contributed by atoms with van der Waals surface area (Å²) in [5, 5.41) is 1.35. The molecular weight excluding hydrogens is 413 g/mol. The number of benzene rings is 2. The Balaban J connectivity index is 2.11. The van der Waals surface area contributed by atoms with Crippen molar-refractivity contribution in [3.8, 4) is 11.4 Å². The summed E-state index contributed by atoms with van der Waals surface area (Å²) in [5.74, 6) is 2.19. The monoisotopic (exact) mass is 426 g/mol. The van der Waals surface area contributed by atoms with E-state index in [4.69, 9.17) is 39.8 Å². The highest BCUT2D eigenvalue weighted by Crippen LogP contribution is 2.31. The zero-order valence-electron chi connectivity index (χ0n) is 13.9. The van der Waals surface area contributed by atoms with E-state index in [0.29, 0.717) is 39.3 Å². The molecule has 0 aliphatic carbocycles. The molecule has 8 heteroatoms. The zero-order valence-corrected chi connectivity index (χ0v) is 17.0. The van der Waals surface area contributed by atoms with Gasteiger partial charge in [-0.05, 0) is 29.2 Å². The zero-order chi connectivity index (χ0) is 18.4. The van der Waals surface area contributed by atoms with Gasteiger partial charge in [0.2, 0.25) is 0 Å². The molecule has 1 atom stereocenters. The van der Waals surface area contributed by atoms with Crippen LogP contribution < -0.4 is 4.68 Å². The molecule has 1 aromatic heterocycles. The van der Waals surface area contributed by atoms with Crippen molar-refractivity contribution in [2.45, 2.75) is 24.7 Å². The lowest BCUT2D eigenvalue weighted by molar-refractivity contribution is -0.683. The summed E-state index contributed by atoms with van der Waals surface area (Å²) in [5.41, 5.74) is 1.45. The van der Waals surface area contributed by atoms with E-state index in [1.54, 1.807) is 12.1 Å². The van der Waals surface area contributed by atoms with Gasteiger partial charge in [0.1, 0.15) is 5.69 Å². The van der Waals surface area contributed by atoms with Gasteiger partial charge in [-0.1, -0.05) is 53.9 Å². The van der Waals surface area contributed by atoms with Gasteiger partial charge in [-0.15, -0.1) is 9.36 Å². The molecule has 1 unspecified atom stereocenters. The van der Waals surface area contributed by atoms with Gasteiger partial charge in [0.15, 0.2) is 5.69 Å². The van der Waals surface area contributed by atoms with Crippen LogP contribution in [0.15, 0.2) is 41.3 Å². The van der Waals surface area contributed by atoms with Gasteiger partial charge in [-0.25, -0.2) is 0 Å². The van der Waals surface area contributed by atoms with Crippen molar-refractivity contribution < 1.29 is 8.89 Å². The van der Waals surface area contributed by atoms with Crippen LogP contribution >= 0.6 is 34.8 Å². The molecule has 0 N–H and O–H groups in total. The summed E-state index contributed by atoms with van der Waals surface area (Å²) in [4.78, 5) is 5.56. The first-order valence-corrected chi connectivity index (χ1v) is 10.6. The van der Waals surface area contributed by atoms with E-state index in [2.05, 4.69) is 0 Å². The SMILES string of the molecule is CCc1nc2n([n+]1-c1c(Cl)cc(Cl)cc1Cl)-c1ccccc1S(=O)CC2. The van der Waals surface area contributed by atoms with Gasteiger partial charge in [0.25, 0.3) is 5.82 Å². The molecule has 1 aliphatic heterocycles. The summed E-state index contributed by atoms with van der Waals surface area (Å²) < 4.78 is 16.5. The molecule has 0 saturated carbocycles. The molecule has 1 aliphatic rings. The van der Waals surface area contributed by atoms with Crippen molar-refractivity contribution in [2.24, 2.45) is 0 Å². The van der Waals surface area contributed by atoms with Crippen molar-refractivity contribution in [3.63, 3.8) is 0 Å². The molecule has 26 heavy (non-hydrogen) atoms. The minimum Gasteiger partial charge on any atom is -0.254 e. The van der Waals surface area contributed by atoms with Crippen LogP contribution in [0.25, 0.3) is 11.4 Å². The predicted octanol–water partition coefficient (Wildman–Crippen LogP) is 4.34. The Bertz CT molecular complexity index is 1030. The Morgan fingerprint density at radius 2 is 1.88 bits per heavy atom. The lowest BCUT2D eigenvalue weighted by atomic mass is 10.3. The second-order valence-electron chi connectivity index (χ2n) is 5.91. The van der Waals surface area contributed by atoms with E-state index in [1.807, 2.05) is 40.6 Å². The third-order valence-corrected chi connectivity index (χ3v) is 6.51. The number of halogens is 3. The maximum atomic E-state index is 12.6. The van der Waals surface area contributed by atoms with E-state index < -0.39 is 10.8 Å². The van der Waals surface area contributed by atoms with Crippen LogP contribution in [0.2, 0.25) is 15.1 Å². The van der Waals surface area contributed by atoms with Crippen LogP contribution in [0.4, 0.5) is 0 Å². The van der Waals surface area contributed by atoms with Crippen LogP contribution in [0.5, 0.6) is 0 Å². The highest BCUT2D eigenvalue weighted by Gasteiger charge is 2.34. The smallest absolute Gasteiger partial charge is 0.254 e. The fourth-order valence-electron chi connectivity index (χ4n) is 3.20. The lowest BCUT2D eigenvalue weighted by Gasteiger charge is -2.12. The molecule has 2 aromatic carbocycles. The number of hydrogen-bond acceptors (Lipinski definition) is 2. The highest BCUT2D eigenvalue weighted by molar-refractivity contribution is 7.85. The maximum Gasteiger partial charge on any atom is 0.324 e. The predicted molar refractivity (Wildman–Crippen MR) is 104 cm³/mol. The van der Waals surface area contributed by atoms with Crippen LogP contribution in [-0.2, 0) is 23.6 Å². The van der Waals surface area contributed by atoms with Crippen LogP contribution in [0, 0.1) is 0 Å². The first kappa shape index (κ1) is 18.0. The van der Waals surface area contributed by atoms with E-state index in [-0.39, 0.29) is 0 Å². The largest absolute Gasteiger partial charge is 0.324 e. The molecule has 4 nitrogen and oxygen atoms in total. The molecule has 0 bridgehead atoms. The standard InChI is InChI=1S/C18H15Cl3N3OS/c1-2-16-22-17-7-8-26(25)15-6-4-3-5-14(15)23(17)24(16)18-12(20)9-11(19)10-13(18)21/h3-6,9-10H,2,7-8H2,1H3/q+1. The normalized spacial score (nSPS) is 16.1. The Morgan fingerprint density at radius 1 is 1.19 bits per heavy atom. The third-order valence-electron chi connectivity index (χ3n) is 4.31. The van der Waals surface area contributed by atoms with E-state index in [9.17, 15) is 4.21 Å². The maximum absolute atomic E-state index is 12.6. The topological polar surface area (TPSA) is 38.8 Å². The molecule has 4 rings (SSSR count). The number of nitrogens with zero attached hydrogens (tertiary/aromatic N) is 3. The first-order chi connectivity index (χ1) is 12.5. The quantitative estimate of drug-likeness (QED) is 0.571. The Kier molecular flexibility index (Phi) is 4.82. The lowest BCUT2D eigenvalue weighted by Crippen LogP contribution is -2.44. The molecule has 0 spiro atoms. The second kappa shape index (κ2) is 6.97. The van der Waals surface area contributed by atoms with Crippen molar-refractivity contribution in [2.75, 3.05) is 5.75 Å². The Labute approximate surface area is 168 Å². The van der Waals surface area contributed by atoms with Gasteiger partial charge in [0.05, 0.1) is 32.2 Å². The molecular formula is C18H15Cl3N3OS+. The number of rotatable bonds is 2. The summed E-state index contributed by atoms with van der Waals surface area (Å²) >= 11 is 19.1. The van der Waals surface area contributed by atoms with Gasteiger partial charge >= 0.3 is 5.82 Å². The van der Waals surface area contributed by atoms with Crippen LogP contribution in [-0.4, -0.2) is 19.6 Å². The summed E-state index contributed by atoms with van der Waals surface area (Å²) in [6, 6.07) is 11.0. The average Bonchev–Trinajstić information content (AvgIpc) is 2.90. The first-order valence-electron chi connectivity index (χ1n) is 8.16. The van der Waals surface area contributed by atoms with Crippen molar-refractivity contribution in [1.82, 2.24) is 9.67 Å². The van der Waals surface area contributed by atoms with Gasteiger partial charge < -0.3 is 0 Å². The fraction of sp³-hybridized carbons (Fsp3) is 0.222. The molecule has 0 radical (unpaired) electrons. The number of aryl methyl sites for hydroxylation is 2. The summed E-state index contributed by atoms with van der Waals surface area (Å²) in [6.07, 6.45) is 1.30. The van der Waals surface area contributed by atoms with Crippen molar-refractivity contribution in [1.29, 1.82) is 0 Å². The molecule has 0 saturated heterocycles. The number of fused-ring (bicyclic) bond motifs is 3. The van der Waals surface area contributed by atoms with E-state index in [1.165, 1.54) is 0 Å². The minimum atomic E-state index is -1.09.